The number of carbonyl (C=O) groups is 3. The van der Waals surface area contributed by atoms with E-state index in [1.165, 1.54) is 0 Å². The molecule has 2 N–H and O–H groups in total. The Morgan fingerprint density at radius 2 is 1.67 bits per heavy atom. The molecule has 8 nitrogen and oxygen atoms in total. The van der Waals surface area contributed by atoms with Crippen molar-refractivity contribution in [2.75, 3.05) is 26.4 Å². The number of carbonyl (C=O) groups excluding carboxylic acids is 3. The van der Waals surface area contributed by atoms with Crippen LogP contribution in [-0.4, -0.2) is 66.2 Å². The number of likely N-dealkylation sites (tertiary alicyclic amines) is 1. The van der Waals surface area contributed by atoms with Gasteiger partial charge in [0.05, 0.1) is 43.7 Å². The van der Waals surface area contributed by atoms with Crippen LogP contribution in [0.2, 0.25) is 0 Å². The molecule has 1 fully saturated rings. The Bertz CT molecular complexity index is 1160. The first kappa shape index (κ1) is 33.7. The van der Waals surface area contributed by atoms with E-state index in [1.54, 1.807) is 17.1 Å². The second kappa shape index (κ2) is 18.7. The predicted molar refractivity (Wildman–Crippen MR) is 167 cm³/mol. The maximum absolute atomic E-state index is 13.5. The van der Waals surface area contributed by atoms with Crippen molar-refractivity contribution in [3.63, 3.8) is 0 Å². The van der Waals surface area contributed by atoms with Gasteiger partial charge in [0.15, 0.2) is 0 Å². The van der Waals surface area contributed by atoms with Crippen LogP contribution in [0, 0.1) is 11.8 Å². The minimum absolute atomic E-state index is 0.00639. The minimum atomic E-state index is -0.643. The van der Waals surface area contributed by atoms with Gasteiger partial charge in [-0.15, -0.1) is 13.2 Å². The van der Waals surface area contributed by atoms with Crippen molar-refractivity contribution in [1.29, 1.82) is 0 Å². The number of allylic oxidation sites excluding steroid dienone is 2. The number of aliphatic hydroxyl groups is 1. The number of esters is 1. The van der Waals surface area contributed by atoms with Gasteiger partial charge in [0.2, 0.25) is 11.8 Å². The molecule has 4 atom stereocenters. The van der Waals surface area contributed by atoms with Crippen molar-refractivity contribution >= 4 is 17.8 Å². The number of rotatable bonds is 19. The molecule has 8 heteroatoms. The van der Waals surface area contributed by atoms with Crippen LogP contribution in [0.15, 0.2) is 86.0 Å². The number of hydrogen-bond acceptors (Lipinski definition) is 6. The summed E-state index contributed by atoms with van der Waals surface area (Å²) in [5.74, 6) is -1.82. The van der Waals surface area contributed by atoms with Gasteiger partial charge in [-0.1, -0.05) is 72.8 Å². The van der Waals surface area contributed by atoms with Crippen LogP contribution in [0.3, 0.4) is 0 Å². The fourth-order valence-corrected chi connectivity index (χ4v) is 5.33. The van der Waals surface area contributed by atoms with Crippen LogP contribution in [0.5, 0.6) is 0 Å². The van der Waals surface area contributed by atoms with E-state index in [9.17, 15) is 19.5 Å². The fourth-order valence-electron chi connectivity index (χ4n) is 5.33. The third-order valence-electron chi connectivity index (χ3n) is 7.73. The lowest BCUT2D eigenvalue weighted by molar-refractivity contribution is -0.150. The zero-order valence-corrected chi connectivity index (χ0v) is 25.1. The quantitative estimate of drug-likeness (QED) is 0.183. The number of benzene rings is 2. The summed E-state index contributed by atoms with van der Waals surface area (Å²) in [5, 5.41) is 12.6. The van der Waals surface area contributed by atoms with Crippen molar-refractivity contribution in [1.82, 2.24) is 10.2 Å². The first-order valence-corrected chi connectivity index (χ1v) is 15.2. The second-order valence-corrected chi connectivity index (χ2v) is 11.1. The van der Waals surface area contributed by atoms with Gasteiger partial charge in [0.25, 0.3) is 0 Å². The van der Waals surface area contributed by atoms with Crippen LogP contribution >= 0.6 is 0 Å². The molecule has 2 aromatic carbocycles. The molecule has 0 aromatic heterocycles. The van der Waals surface area contributed by atoms with Crippen molar-refractivity contribution in [2.45, 2.75) is 63.6 Å². The van der Waals surface area contributed by atoms with Crippen LogP contribution in [0.25, 0.3) is 0 Å². The van der Waals surface area contributed by atoms with Gasteiger partial charge in [-0.2, -0.15) is 0 Å². The lowest BCUT2D eigenvalue weighted by Crippen LogP contribution is -2.46. The Labute approximate surface area is 255 Å². The van der Waals surface area contributed by atoms with Gasteiger partial charge < -0.3 is 24.8 Å². The third kappa shape index (κ3) is 11.5. The first-order valence-electron chi connectivity index (χ1n) is 15.2. The van der Waals surface area contributed by atoms with Crippen LogP contribution < -0.4 is 5.32 Å². The summed E-state index contributed by atoms with van der Waals surface area (Å²) in [4.78, 5) is 41.4. The SMILES string of the molecule is C=CCC[C@H](Cc1ccccc1)C(=O)OC[C@H](COCc1ccccc1)NC(=O)[C@@H](CC=C)CC(=O)N1CCC[C@H]1CO. The van der Waals surface area contributed by atoms with Gasteiger partial charge in [0, 0.05) is 13.0 Å². The van der Waals surface area contributed by atoms with Crippen molar-refractivity contribution in [3.8, 4) is 0 Å². The highest BCUT2D eigenvalue weighted by Crippen LogP contribution is 2.21. The molecule has 1 aliphatic heterocycles. The zero-order valence-electron chi connectivity index (χ0n) is 25.1. The highest BCUT2D eigenvalue weighted by Gasteiger charge is 2.32. The topological polar surface area (TPSA) is 105 Å². The van der Waals surface area contributed by atoms with E-state index in [1.807, 2.05) is 60.7 Å². The van der Waals surface area contributed by atoms with Gasteiger partial charge in [0.1, 0.15) is 6.61 Å². The van der Waals surface area contributed by atoms with Gasteiger partial charge in [-0.25, -0.2) is 0 Å². The average Bonchev–Trinajstić information content (AvgIpc) is 3.52. The normalized spacial score (nSPS) is 16.6. The van der Waals surface area contributed by atoms with Crippen molar-refractivity contribution < 1.29 is 29.0 Å². The number of ether oxygens (including phenoxy) is 2. The van der Waals surface area contributed by atoms with Gasteiger partial charge in [-0.3, -0.25) is 14.4 Å². The highest BCUT2D eigenvalue weighted by molar-refractivity contribution is 5.86. The van der Waals surface area contributed by atoms with E-state index in [0.29, 0.717) is 38.8 Å². The van der Waals surface area contributed by atoms with E-state index in [-0.39, 0.29) is 56.0 Å². The molecule has 43 heavy (non-hydrogen) atoms. The van der Waals surface area contributed by atoms with E-state index in [0.717, 1.165) is 24.0 Å². The van der Waals surface area contributed by atoms with Gasteiger partial charge >= 0.3 is 5.97 Å². The molecule has 1 aliphatic rings. The lowest BCUT2D eigenvalue weighted by Gasteiger charge is -2.26. The number of nitrogens with one attached hydrogen (secondary N) is 1. The zero-order chi connectivity index (χ0) is 30.9. The summed E-state index contributed by atoms with van der Waals surface area (Å²) in [7, 11) is 0. The average molecular weight is 591 g/mol. The number of aliphatic hydroxyl groups excluding tert-OH is 1. The Kier molecular flexibility index (Phi) is 14.7. The molecule has 3 rings (SSSR count). The standard InChI is InChI=1S/C35H46N2O6/c1-3-5-18-30(21-27-14-8-6-9-15-27)35(41)43-26-31(25-42-24-28-16-10-7-11-17-28)36-34(40)29(13-4-2)22-33(39)37-20-12-19-32(37)23-38/h3-4,6-11,14-17,29-32,38H,1-2,5,12-13,18-26H2,(H,36,40)/t29-,30+,31-,32-/m0/s1. The van der Waals surface area contributed by atoms with Crippen molar-refractivity contribution in [2.24, 2.45) is 11.8 Å². The number of amides is 2. The van der Waals surface area contributed by atoms with Gasteiger partial charge in [-0.05, 0) is 49.7 Å². The van der Waals surface area contributed by atoms with Crippen LogP contribution in [-0.2, 0) is 36.9 Å². The van der Waals surface area contributed by atoms with E-state index in [4.69, 9.17) is 9.47 Å². The Morgan fingerprint density at radius 1 is 0.977 bits per heavy atom. The lowest BCUT2D eigenvalue weighted by atomic mass is 9.95. The summed E-state index contributed by atoms with van der Waals surface area (Å²) in [5.41, 5.74) is 2.03. The van der Waals surface area contributed by atoms with Crippen molar-refractivity contribution in [3.05, 3.63) is 97.1 Å². The van der Waals surface area contributed by atoms with E-state index in [2.05, 4.69) is 18.5 Å². The second-order valence-electron chi connectivity index (χ2n) is 11.1. The molecule has 2 amide bonds. The monoisotopic (exact) mass is 590 g/mol. The van der Waals surface area contributed by atoms with Crippen LogP contribution in [0.4, 0.5) is 0 Å². The first-order chi connectivity index (χ1) is 20.9. The maximum atomic E-state index is 13.5. The molecule has 1 heterocycles. The predicted octanol–water partition coefficient (Wildman–Crippen LogP) is 4.62. The molecule has 0 bridgehead atoms. The molecular weight excluding hydrogens is 544 g/mol. The molecule has 0 aliphatic carbocycles. The van der Waals surface area contributed by atoms with E-state index < -0.39 is 12.0 Å². The molecule has 0 radical (unpaired) electrons. The summed E-state index contributed by atoms with van der Waals surface area (Å²) in [6, 6.07) is 18.7. The number of hydrogen-bond donors (Lipinski definition) is 2. The molecule has 0 spiro atoms. The molecule has 0 saturated carbocycles. The summed E-state index contributed by atoms with van der Waals surface area (Å²) in [6.07, 6.45) is 7.15. The maximum Gasteiger partial charge on any atom is 0.309 e. The molecular formula is C35H46N2O6. The molecule has 1 saturated heterocycles. The fraction of sp³-hybridized carbons (Fsp3) is 0.457. The minimum Gasteiger partial charge on any atom is -0.463 e. The molecule has 2 aromatic rings. The Balaban J connectivity index is 1.66. The Hall–Kier alpha value is -3.75. The molecule has 232 valence electrons. The highest BCUT2D eigenvalue weighted by atomic mass is 16.5. The summed E-state index contributed by atoms with van der Waals surface area (Å²) >= 11 is 0. The molecule has 0 unspecified atom stereocenters. The van der Waals surface area contributed by atoms with E-state index >= 15 is 0 Å². The Morgan fingerprint density at radius 3 is 2.33 bits per heavy atom. The largest absolute Gasteiger partial charge is 0.463 e. The summed E-state index contributed by atoms with van der Waals surface area (Å²) in [6.45, 7) is 8.45. The smallest absolute Gasteiger partial charge is 0.309 e. The third-order valence-corrected chi connectivity index (χ3v) is 7.73. The van der Waals surface area contributed by atoms with Crippen LogP contribution in [0.1, 0.15) is 49.7 Å². The number of nitrogens with zero attached hydrogens (tertiary/aromatic N) is 1. The summed E-state index contributed by atoms with van der Waals surface area (Å²) < 4.78 is 11.7.